The van der Waals surface area contributed by atoms with Crippen molar-refractivity contribution in [2.24, 2.45) is 0 Å². The van der Waals surface area contributed by atoms with Crippen LogP contribution in [-0.2, 0) is 31.8 Å². The van der Waals surface area contributed by atoms with Crippen molar-refractivity contribution in [3.8, 4) is 0 Å². The van der Waals surface area contributed by atoms with E-state index in [0.29, 0.717) is 61.5 Å². The monoisotopic (exact) mass is 468 g/mol. The Morgan fingerprint density at radius 2 is 1.15 bits per heavy atom. The Hall–Kier alpha value is -2.71. The summed E-state index contributed by atoms with van der Waals surface area (Å²) in [5.41, 5.74) is 3.46. The second kappa shape index (κ2) is 12.1. The van der Waals surface area contributed by atoms with Crippen molar-refractivity contribution in [3.63, 3.8) is 0 Å². The summed E-state index contributed by atoms with van der Waals surface area (Å²) < 4.78 is 21.7. The van der Waals surface area contributed by atoms with Crippen LogP contribution >= 0.6 is 0 Å². The maximum absolute atomic E-state index is 13.4. The molecule has 0 fully saturated rings. The molecule has 2 aromatic rings. The Kier molecular flexibility index (Phi) is 9.24. The smallest absolute Gasteiger partial charge is 0.222 e. The Morgan fingerprint density at radius 3 is 1.68 bits per heavy atom. The number of fused-ring (bicyclic) bond motifs is 2. The molecule has 0 saturated carbocycles. The van der Waals surface area contributed by atoms with E-state index in [1.807, 2.05) is 6.07 Å². The third kappa shape index (κ3) is 5.67. The average molecular weight is 469 g/mol. The number of hydrogen-bond donors (Lipinski definition) is 0. The Balaban J connectivity index is 1.91. The van der Waals surface area contributed by atoms with Gasteiger partial charge in [0.2, 0.25) is 24.1 Å². The van der Waals surface area contributed by atoms with E-state index >= 15 is 0 Å². The molecule has 0 aromatic heterocycles. The molecule has 0 aliphatic heterocycles. The summed E-state index contributed by atoms with van der Waals surface area (Å²) in [6, 6.07) is 10.2. The summed E-state index contributed by atoms with van der Waals surface area (Å²) in [5.74, 6) is -0.763. The van der Waals surface area contributed by atoms with E-state index < -0.39 is 12.6 Å². The number of hydrogen-bond acceptors (Lipinski definition) is 7. The van der Waals surface area contributed by atoms with Crippen LogP contribution in [0.3, 0.4) is 0 Å². The van der Waals surface area contributed by atoms with Gasteiger partial charge in [-0.1, -0.05) is 24.3 Å². The molecule has 0 N–H and O–H groups in total. The topological polar surface area (TPSA) is 88.1 Å². The van der Waals surface area contributed by atoms with Gasteiger partial charge in [-0.05, 0) is 63.8 Å². The molecule has 0 heterocycles. The summed E-state index contributed by atoms with van der Waals surface area (Å²) in [6.45, 7) is 8.56. The van der Waals surface area contributed by atoms with Gasteiger partial charge in [-0.3, -0.25) is 14.4 Å². The maximum atomic E-state index is 13.4. The highest BCUT2D eigenvalue weighted by Gasteiger charge is 2.27. The molecular formula is C27H32O7. The predicted molar refractivity (Wildman–Crippen MR) is 126 cm³/mol. The van der Waals surface area contributed by atoms with Crippen molar-refractivity contribution in [2.75, 3.05) is 26.4 Å². The van der Waals surface area contributed by atoms with Crippen molar-refractivity contribution in [3.05, 3.63) is 69.8 Å². The Bertz CT molecular complexity index is 1030. The first-order chi connectivity index (χ1) is 16.4. The highest BCUT2D eigenvalue weighted by molar-refractivity contribution is 6.13. The maximum Gasteiger partial charge on any atom is 0.222 e. The van der Waals surface area contributed by atoms with Crippen LogP contribution in [0, 0.1) is 0 Å². The average Bonchev–Trinajstić information content (AvgIpc) is 2.98. The minimum atomic E-state index is -1.00. The zero-order chi connectivity index (χ0) is 24.7. The molecule has 0 radical (unpaired) electrons. The number of rotatable bonds is 12. The zero-order valence-electron chi connectivity index (χ0n) is 20.2. The summed E-state index contributed by atoms with van der Waals surface area (Å²) in [4.78, 5) is 39.2. The molecule has 182 valence electrons. The number of aryl methyl sites for hydroxylation is 2. The molecule has 0 bridgehead atoms. The minimum absolute atomic E-state index is 0.174. The Morgan fingerprint density at radius 1 is 0.676 bits per heavy atom. The van der Waals surface area contributed by atoms with Gasteiger partial charge in [0.25, 0.3) is 0 Å². The van der Waals surface area contributed by atoms with Gasteiger partial charge >= 0.3 is 0 Å². The quantitative estimate of drug-likeness (QED) is 0.341. The number of Topliss-reactive ketones (excluding diaryl/α,β-unsaturated/α-hetero) is 2. The zero-order valence-corrected chi connectivity index (χ0v) is 20.2. The first-order valence-electron chi connectivity index (χ1n) is 11.8. The normalized spacial score (nSPS) is 13.1. The van der Waals surface area contributed by atoms with Gasteiger partial charge in [0.1, 0.15) is 0 Å². The molecule has 0 atom stereocenters. The van der Waals surface area contributed by atoms with E-state index in [-0.39, 0.29) is 17.3 Å². The van der Waals surface area contributed by atoms with E-state index in [0.717, 1.165) is 11.1 Å². The minimum Gasteiger partial charge on any atom is -0.346 e. The molecule has 0 amide bonds. The van der Waals surface area contributed by atoms with E-state index in [1.54, 1.807) is 58.0 Å². The fraction of sp³-hybridized carbons (Fsp3) is 0.444. The summed E-state index contributed by atoms with van der Waals surface area (Å²) in [6.07, 6.45) is -0.764. The lowest BCUT2D eigenvalue weighted by atomic mass is 9.94. The molecule has 7 nitrogen and oxygen atoms in total. The van der Waals surface area contributed by atoms with Crippen molar-refractivity contribution in [1.29, 1.82) is 0 Å². The molecule has 7 heteroatoms. The third-order valence-corrected chi connectivity index (χ3v) is 5.64. The molecule has 34 heavy (non-hydrogen) atoms. The van der Waals surface area contributed by atoms with Crippen LogP contribution in [0.4, 0.5) is 0 Å². The largest absolute Gasteiger partial charge is 0.346 e. The van der Waals surface area contributed by atoms with Crippen LogP contribution in [-0.4, -0.2) is 56.4 Å². The van der Waals surface area contributed by atoms with Crippen LogP contribution in [0.15, 0.2) is 36.4 Å². The van der Waals surface area contributed by atoms with Crippen LogP contribution < -0.4 is 0 Å². The van der Waals surface area contributed by atoms with Crippen LogP contribution in [0.25, 0.3) is 0 Å². The highest BCUT2D eigenvalue weighted by Crippen LogP contribution is 2.27. The van der Waals surface area contributed by atoms with Crippen molar-refractivity contribution in [1.82, 2.24) is 0 Å². The first-order valence-corrected chi connectivity index (χ1v) is 11.8. The van der Waals surface area contributed by atoms with Gasteiger partial charge in [-0.2, -0.15) is 0 Å². The van der Waals surface area contributed by atoms with Gasteiger partial charge in [0, 0.05) is 48.7 Å². The van der Waals surface area contributed by atoms with Crippen LogP contribution in [0.2, 0.25) is 0 Å². The van der Waals surface area contributed by atoms with E-state index in [9.17, 15) is 14.4 Å². The van der Waals surface area contributed by atoms with Gasteiger partial charge in [0.15, 0.2) is 5.78 Å². The molecule has 0 unspecified atom stereocenters. The van der Waals surface area contributed by atoms with Crippen molar-refractivity contribution < 1.29 is 33.3 Å². The molecular weight excluding hydrogens is 436 g/mol. The van der Waals surface area contributed by atoms with E-state index in [4.69, 9.17) is 18.9 Å². The lowest BCUT2D eigenvalue weighted by Crippen LogP contribution is -2.28. The number of ketones is 3. The van der Waals surface area contributed by atoms with Gasteiger partial charge in [-0.25, -0.2) is 0 Å². The van der Waals surface area contributed by atoms with Crippen LogP contribution in [0.5, 0.6) is 0 Å². The fourth-order valence-corrected chi connectivity index (χ4v) is 4.03. The molecule has 3 rings (SSSR count). The SMILES string of the molecule is CCOC(OCC)C(=O)c1ccc2c(c1)CCc1ccc(C(=O)C(OCC)OCC)cc1C2=O. The highest BCUT2D eigenvalue weighted by atomic mass is 16.7. The number of carbonyl (C=O) groups is 3. The standard InChI is InChI=1S/C27H32O7/c1-5-31-26(32-6-2)23(28)19-13-14-21-18(15-19)11-9-17-10-12-20(16-22(17)25(21)30)24(29)27(33-7-3)34-8-4/h10,12-16,26-27H,5-9,11H2,1-4H3. The fourth-order valence-electron chi connectivity index (χ4n) is 4.03. The summed E-state index contributed by atoms with van der Waals surface area (Å²) in [7, 11) is 0. The van der Waals surface area contributed by atoms with Crippen molar-refractivity contribution >= 4 is 17.3 Å². The lowest BCUT2D eigenvalue weighted by molar-refractivity contribution is -0.107. The Labute approximate surface area is 200 Å². The van der Waals surface area contributed by atoms with Crippen LogP contribution in [0.1, 0.15) is 75.5 Å². The first kappa shape index (κ1) is 25.9. The molecule has 2 aromatic carbocycles. The number of ether oxygens (including phenoxy) is 4. The number of carbonyl (C=O) groups excluding carboxylic acids is 3. The summed E-state index contributed by atoms with van der Waals surface area (Å²) in [5, 5.41) is 0. The number of benzene rings is 2. The van der Waals surface area contributed by atoms with E-state index in [2.05, 4.69) is 0 Å². The second-order valence-corrected chi connectivity index (χ2v) is 7.79. The van der Waals surface area contributed by atoms with Gasteiger partial charge < -0.3 is 18.9 Å². The predicted octanol–water partition coefficient (Wildman–Crippen LogP) is 4.18. The molecule has 0 saturated heterocycles. The molecule has 1 aliphatic carbocycles. The van der Waals surface area contributed by atoms with Crippen molar-refractivity contribution in [2.45, 2.75) is 53.1 Å². The molecule has 0 spiro atoms. The van der Waals surface area contributed by atoms with Gasteiger partial charge in [0.05, 0.1) is 0 Å². The molecule has 1 aliphatic rings. The third-order valence-electron chi connectivity index (χ3n) is 5.64. The second-order valence-electron chi connectivity index (χ2n) is 7.79. The van der Waals surface area contributed by atoms with E-state index in [1.165, 1.54) is 0 Å². The summed E-state index contributed by atoms with van der Waals surface area (Å²) >= 11 is 0. The van der Waals surface area contributed by atoms with Gasteiger partial charge in [-0.15, -0.1) is 0 Å². The lowest BCUT2D eigenvalue weighted by Gasteiger charge is -2.17.